The zero-order chi connectivity index (χ0) is 19.4. The number of carbonyl (C=O) groups excluding carboxylic acids is 2. The molecule has 2 heterocycles. The van der Waals surface area contributed by atoms with Crippen molar-refractivity contribution in [2.45, 2.75) is 48.1 Å². The summed E-state index contributed by atoms with van der Waals surface area (Å²) in [5, 5.41) is 8.39. The lowest BCUT2D eigenvalue weighted by Gasteiger charge is -2.05. The van der Waals surface area contributed by atoms with Gasteiger partial charge in [-0.25, -0.2) is 10.2 Å². The molecule has 0 spiro atoms. The van der Waals surface area contributed by atoms with Crippen molar-refractivity contribution in [1.82, 2.24) is 20.2 Å². The minimum absolute atomic E-state index is 0.0905. The number of amides is 1. The van der Waals surface area contributed by atoms with Crippen LogP contribution < -0.4 is 5.43 Å². The van der Waals surface area contributed by atoms with Gasteiger partial charge in [-0.05, 0) is 53.2 Å². The van der Waals surface area contributed by atoms with Crippen molar-refractivity contribution in [2.24, 2.45) is 5.10 Å². The molecule has 0 fully saturated rings. The van der Waals surface area contributed by atoms with Crippen LogP contribution in [0.3, 0.4) is 0 Å². The van der Waals surface area contributed by atoms with Crippen LogP contribution in [-0.4, -0.2) is 39.0 Å². The maximum absolute atomic E-state index is 12.1. The Morgan fingerprint density at radius 3 is 2.58 bits per heavy atom. The molecule has 0 aliphatic rings. The van der Waals surface area contributed by atoms with E-state index in [1.165, 1.54) is 0 Å². The maximum atomic E-state index is 12.1. The first-order valence-electron chi connectivity index (χ1n) is 8.45. The van der Waals surface area contributed by atoms with Gasteiger partial charge in [0, 0.05) is 11.4 Å². The molecule has 0 atom stereocenters. The smallest absolute Gasteiger partial charge is 0.340 e. The summed E-state index contributed by atoms with van der Waals surface area (Å²) in [6.07, 6.45) is 0. The van der Waals surface area contributed by atoms with Gasteiger partial charge < -0.3 is 9.72 Å². The Bertz CT molecular complexity index is 861. The second kappa shape index (κ2) is 7.99. The molecule has 0 saturated carbocycles. The monoisotopic (exact) mass is 359 g/mol. The number of nitrogens with zero attached hydrogens (tertiary/aromatic N) is 3. The lowest BCUT2D eigenvalue weighted by molar-refractivity contribution is -0.121. The summed E-state index contributed by atoms with van der Waals surface area (Å²) in [5.41, 5.74) is 7.52. The Kier molecular flexibility index (Phi) is 5.97. The van der Waals surface area contributed by atoms with E-state index in [1.54, 1.807) is 25.5 Å². The van der Waals surface area contributed by atoms with Gasteiger partial charge in [-0.3, -0.25) is 9.48 Å². The summed E-state index contributed by atoms with van der Waals surface area (Å²) in [6.45, 7) is 11.3. The molecule has 0 aromatic carbocycles. The van der Waals surface area contributed by atoms with E-state index in [1.807, 2.05) is 26.8 Å². The van der Waals surface area contributed by atoms with Crippen molar-refractivity contribution in [1.29, 1.82) is 0 Å². The molecule has 0 aliphatic carbocycles. The Morgan fingerprint density at radius 2 is 2.00 bits per heavy atom. The van der Waals surface area contributed by atoms with Crippen LogP contribution in [0.15, 0.2) is 11.2 Å². The molecular weight excluding hydrogens is 334 g/mol. The Labute approximate surface area is 152 Å². The van der Waals surface area contributed by atoms with Crippen LogP contribution in [0.25, 0.3) is 0 Å². The average Bonchev–Trinajstić information content (AvgIpc) is 3.03. The van der Waals surface area contributed by atoms with E-state index < -0.39 is 0 Å². The summed E-state index contributed by atoms with van der Waals surface area (Å²) in [7, 11) is 0. The number of aromatic amines is 1. The first-order chi connectivity index (χ1) is 12.2. The van der Waals surface area contributed by atoms with Gasteiger partial charge in [0.2, 0.25) is 0 Å². The average molecular weight is 359 g/mol. The number of H-pyrrole nitrogens is 1. The van der Waals surface area contributed by atoms with Crippen molar-refractivity contribution in [3.8, 4) is 0 Å². The van der Waals surface area contributed by atoms with Crippen molar-refractivity contribution >= 4 is 17.6 Å². The first kappa shape index (κ1) is 19.4. The molecule has 0 unspecified atom stereocenters. The van der Waals surface area contributed by atoms with Gasteiger partial charge >= 0.3 is 5.97 Å². The van der Waals surface area contributed by atoms with E-state index in [4.69, 9.17) is 4.74 Å². The van der Waals surface area contributed by atoms with Crippen LogP contribution in [-0.2, 0) is 16.1 Å². The molecular formula is C18H25N5O3. The third-order valence-electron chi connectivity index (χ3n) is 4.02. The van der Waals surface area contributed by atoms with Gasteiger partial charge in [0.25, 0.3) is 5.91 Å². The molecule has 0 bridgehead atoms. The Hall–Kier alpha value is -2.90. The molecule has 2 aromatic heterocycles. The van der Waals surface area contributed by atoms with Crippen LogP contribution >= 0.6 is 0 Å². The molecule has 2 aromatic rings. The van der Waals surface area contributed by atoms with Gasteiger partial charge in [0.1, 0.15) is 6.54 Å². The van der Waals surface area contributed by atoms with E-state index >= 15 is 0 Å². The van der Waals surface area contributed by atoms with Gasteiger partial charge in [0.05, 0.1) is 29.3 Å². The molecule has 140 valence electrons. The third kappa shape index (κ3) is 4.19. The van der Waals surface area contributed by atoms with Crippen LogP contribution in [0.2, 0.25) is 0 Å². The topological polar surface area (TPSA) is 101 Å². The molecule has 0 aliphatic heterocycles. The van der Waals surface area contributed by atoms with Crippen molar-refractivity contribution in [2.75, 3.05) is 6.61 Å². The molecule has 1 amide bonds. The van der Waals surface area contributed by atoms with Crippen molar-refractivity contribution in [3.63, 3.8) is 0 Å². The van der Waals surface area contributed by atoms with Gasteiger partial charge in [-0.15, -0.1) is 0 Å². The number of esters is 1. The number of nitrogens with one attached hydrogen (secondary N) is 2. The van der Waals surface area contributed by atoms with E-state index in [0.717, 1.165) is 17.0 Å². The second-order valence-electron chi connectivity index (χ2n) is 6.16. The van der Waals surface area contributed by atoms with Crippen molar-refractivity contribution in [3.05, 3.63) is 40.0 Å². The highest BCUT2D eigenvalue weighted by Crippen LogP contribution is 2.19. The third-order valence-corrected chi connectivity index (χ3v) is 4.02. The highest BCUT2D eigenvalue weighted by molar-refractivity contribution is 6.03. The Balaban J connectivity index is 2.12. The second-order valence-corrected chi connectivity index (χ2v) is 6.16. The number of aryl methyl sites for hydroxylation is 3. The van der Waals surface area contributed by atoms with E-state index in [0.29, 0.717) is 29.3 Å². The number of ether oxygens (including phenoxy) is 1. The van der Waals surface area contributed by atoms with Crippen LogP contribution in [0.1, 0.15) is 52.5 Å². The molecule has 8 nitrogen and oxygen atoms in total. The minimum Gasteiger partial charge on any atom is -0.462 e. The van der Waals surface area contributed by atoms with E-state index in [2.05, 4.69) is 20.6 Å². The van der Waals surface area contributed by atoms with Crippen LogP contribution in [0.5, 0.6) is 0 Å². The molecule has 0 radical (unpaired) electrons. The number of rotatable bonds is 6. The molecule has 2 N–H and O–H groups in total. The Morgan fingerprint density at radius 1 is 1.31 bits per heavy atom. The fraction of sp³-hybridized carbons (Fsp3) is 0.444. The fourth-order valence-corrected chi connectivity index (χ4v) is 2.83. The van der Waals surface area contributed by atoms with Crippen LogP contribution in [0, 0.1) is 27.7 Å². The highest BCUT2D eigenvalue weighted by atomic mass is 16.5. The molecule has 0 saturated heterocycles. The normalized spacial score (nSPS) is 11.5. The predicted octanol–water partition coefficient (Wildman–Crippen LogP) is 2.16. The number of hydrogen-bond acceptors (Lipinski definition) is 5. The van der Waals surface area contributed by atoms with Gasteiger partial charge in [-0.2, -0.15) is 10.2 Å². The number of hydrogen-bond donors (Lipinski definition) is 2. The summed E-state index contributed by atoms with van der Waals surface area (Å²) >= 11 is 0. The zero-order valence-corrected chi connectivity index (χ0v) is 16.1. The first-order valence-corrected chi connectivity index (χ1v) is 8.45. The lowest BCUT2D eigenvalue weighted by atomic mass is 10.1. The molecule has 26 heavy (non-hydrogen) atoms. The van der Waals surface area contributed by atoms with Gasteiger partial charge in [-0.1, -0.05) is 0 Å². The minimum atomic E-state index is -0.369. The van der Waals surface area contributed by atoms with Crippen LogP contribution in [0.4, 0.5) is 0 Å². The van der Waals surface area contributed by atoms with E-state index in [-0.39, 0.29) is 18.4 Å². The lowest BCUT2D eigenvalue weighted by Crippen LogP contribution is -2.25. The SMILES string of the molecule is CCOC(=O)c1c(C)[nH]c(/C(C)=N/NC(=O)Cn2nc(C)cc2C)c1C. The summed E-state index contributed by atoms with van der Waals surface area (Å²) in [4.78, 5) is 27.3. The molecule has 2 rings (SSSR count). The number of carbonyl (C=O) groups is 2. The maximum Gasteiger partial charge on any atom is 0.340 e. The number of hydrazone groups is 1. The highest BCUT2D eigenvalue weighted by Gasteiger charge is 2.20. The fourth-order valence-electron chi connectivity index (χ4n) is 2.83. The summed E-state index contributed by atoms with van der Waals surface area (Å²) < 4.78 is 6.71. The predicted molar refractivity (Wildman–Crippen MR) is 98.3 cm³/mol. The largest absolute Gasteiger partial charge is 0.462 e. The zero-order valence-electron chi connectivity index (χ0n) is 16.1. The summed E-state index contributed by atoms with van der Waals surface area (Å²) in [5.74, 6) is -0.645. The van der Waals surface area contributed by atoms with E-state index in [9.17, 15) is 9.59 Å². The van der Waals surface area contributed by atoms with Gasteiger partial charge in [0.15, 0.2) is 0 Å². The quantitative estimate of drug-likeness (QED) is 0.469. The van der Waals surface area contributed by atoms with Crippen molar-refractivity contribution < 1.29 is 14.3 Å². The summed E-state index contributed by atoms with van der Waals surface area (Å²) in [6, 6.07) is 1.91. The number of aromatic nitrogens is 3. The molecule has 8 heteroatoms. The standard InChI is InChI=1S/C18H25N5O3/c1-7-26-18(25)16-12(4)17(19-13(16)5)14(6)20-21-15(24)9-23-11(3)8-10(2)22-23/h8,19H,7,9H2,1-6H3,(H,21,24)/b20-14+.